The summed E-state index contributed by atoms with van der Waals surface area (Å²) in [7, 11) is 0. The Morgan fingerprint density at radius 1 is 1.33 bits per heavy atom. The second-order valence-corrected chi connectivity index (χ2v) is 8.05. The third-order valence-electron chi connectivity index (χ3n) is 5.25. The first-order valence-electron chi connectivity index (χ1n) is 8.13. The molecule has 1 aliphatic carbocycles. The van der Waals surface area contributed by atoms with Crippen LogP contribution in [0.15, 0.2) is 16.6 Å². The highest BCUT2D eigenvalue weighted by Gasteiger charge is 2.35. The van der Waals surface area contributed by atoms with Crippen molar-refractivity contribution in [3.05, 3.63) is 27.7 Å². The minimum Gasteiger partial charge on any atom is -0.493 e. The van der Waals surface area contributed by atoms with Crippen molar-refractivity contribution < 1.29 is 9.84 Å². The molecule has 0 saturated heterocycles. The maximum Gasteiger partial charge on any atom is 0.125 e. The second kappa shape index (κ2) is 5.92. The van der Waals surface area contributed by atoms with Gasteiger partial charge < -0.3 is 9.84 Å². The Labute approximate surface area is 136 Å². The van der Waals surface area contributed by atoms with Crippen LogP contribution in [-0.2, 0) is 12.8 Å². The minimum absolute atomic E-state index is 0.550. The predicted octanol–water partition coefficient (Wildman–Crippen LogP) is 4.50. The van der Waals surface area contributed by atoms with Crippen molar-refractivity contribution in [1.29, 1.82) is 0 Å². The van der Waals surface area contributed by atoms with Crippen LogP contribution < -0.4 is 4.74 Å². The molecule has 1 aliphatic heterocycles. The van der Waals surface area contributed by atoms with Crippen molar-refractivity contribution in [3.63, 3.8) is 0 Å². The maximum atomic E-state index is 11.0. The summed E-state index contributed by atoms with van der Waals surface area (Å²) < 4.78 is 6.90. The molecule has 0 aromatic heterocycles. The highest BCUT2D eigenvalue weighted by molar-refractivity contribution is 9.10. The molecule has 3 heteroatoms. The van der Waals surface area contributed by atoms with Crippen molar-refractivity contribution in [3.8, 4) is 5.75 Å². The molecule has 2 nitrogen and oxygen atoms in total. The molecule has 0 atom stereocenters. The van der Waals surface area contributed by atoms with Gasteiger partial charge in [0, 0.05) is 17.3 Å². The van der Waals surface area contributed by atoms with Crippen molar-refractivity contribution in [2.24, 2.45) is 11.8 Å². The van der Waals surface area contributed by atoms with E-state index in [1.165, 1.54) is 11.1 Å². The predicted molar refractivity (Wildman–Crippen MR) is 88.8 cm³/mol. The Morgan fingerprint density at radius 3 is 2.71 bits per heavy atom. The van der Waals surface area contributed by atoms with E-state index in [0.717, 1.165) is 67.2 Å². The molecule has 0 bridgehead atoms. The largest absolute Gasteiger partial charge is 0.493 e. The molecule has 3 rings (SSSR count). The first-order chi connectivity index (χ1) is 9.97. The average Bonchev–Trinajstić information content (AvgIpc) is 2.87. The number of rotatable bonds is 3. The van der Waals surface area contributed by atoms with Crippen LogP contribution in [0.1, 0.15) is 50.7 Å². The highest BCUT2D eigenvalue weighted by Crippen LogP contribution is 2.41. The van der Waals surface area contributed by atoms with Crippen LogP contribution in [0, 0.1) is 11.8 Å². The molecule has 0 unspecified atom stereocenters. The number of ether oxygens (including phenoxy) is 1. The first kappa shape index (κ1) is 15.4. The monoisotopic (exact) mass is 352 g/mol. The first-order valence-corrected chi connectivity index (χ1v) is 8.93. The molecule has 0 amide bonds. The third-order valence-corrected chi connectivity index (χ3v) is 5.71. The number of fused-ring (bicyclic) bond motifs is 1. The number of hydrogen-bond acceptors (Lipinski definition) is 2. The molecule has 2 aliphatic rings. The van der Waals surface area contributed by atoms with Crippen LogP contribution in [0.25, 0.3) is 0 Å². The smallest absolute Gasteiger partial charge is 0.125 e. The van der Waals surface area contributed by atoms with Crippen LogP contribution in [0.4, 0.5) is 0 Å². The van der Waals surface area contributed by atoms with Crippen LogP contribution in [0.5, 0.6) is 5.75 Å². The van der Waals surface area contributed by atoms with Crippen molar-refractivity contribution in [1.82, 2.24) is 0 Å². The Morgan fingerprint density at radius 2 is 2.05 bits per heavy atom. The lowest BCUT2D eigenvalue weighted by atomic mass is 9.72. The molecule has 0 spiro atoms. The zero-order valence-electron chi connectivity index (χ0n) is 13.0. The number of halogens is 1. The van der Waals surface area contributed by atoms with Gasteiger partial charge >= 0.3 is 0 Å². The summed E-state index contributed by atoms with van der Waals surface area (Å²) in [5.74, 6) is 2.53. The van der Waals surface area contributed by atoms with Gasteiger partial charge in [0.15, 0.2) is 0 Å². The van der Waals surface area contributed by atoms with E-state index in [-0.39, 0.29) is 0 Å². The Hall–Kier alpha value is -0.540. The quantitative estimate of drug-likeness (QED) is 0.867. The number of hydrogen-bond donors (Lipinski definition) is 1. The van der Waals surface area contributed by atoms with Crippen LogP contribution >= 0.6 is 15.9 Å². The second-order valence-electron chi connectivity index (χ2n) is 7.13. The fourth-order valence-electron chi connectivity index (χ4n) is 3.85. The highest BCUT2D eigenvalue weighted by atomic mass is 79.9. The lowest BCUT2D eigenvalue weighted by molar-refractivity contribution is -0.0150. The van der Waals surface area contributed by atoms with Gasteiger partial charge in [-0.3, -0.25) is 0 Å². The summed E-state index contributed by atoms with van der Waals surface area (Å²) in [6, 6.07) is 4.27. The van der Waals surface area contributed by atoms with E-state index in [1.54, 1.807) is 0 Å². The summed E-state index contributed by atoms with van der Waals surface area (Å²) in [5, 5.41) is 11.0. The molecule has 1 aromatic carbocycles. The fraction of sp³-hybridized carbons (Fsp3) is 0.667. The molecule has 1 N–H and O–H groups in total. The van der Waals surface area contributed by atoms with E-state index < -0.39 is 5.60 Å². The number of benzene rings is 1. The van der Waals surface area contributed by atoms with E-state index in [1.807, 2.05) is 0 Å². The molecule has 0 radical (unpaired) electrons. The molecule has 1 fully saturated rings. The molecule has 116 valence electrons. The summed E-state index contributed by atoms with van der Waals surface area (Å²) >= 11 is 3.59. The van der Waals surface area contributed by atoms with E-state index in [9.17, 15) is 5.11 Å². The van der Waals surface area contributed by atoms with E-state index >= 15 is 0 Å². The zero-order valence-corrected chi connectivity index (χ0v) is 14.6. The average molecular weight is 353 g/mol. The minimum atomic E-state index is -0.550. The van der Waals surface area contributed by atoms with Gasteiger partial charge in [-0.2, -0.15) is 0 Å². The van der Waals surface area contributed by atoms with Gasteiger partial charge in [0.25, 0.3) is 0 Å². The van der Waals surface area contributed by atoms with E-state index in [0.29, 0.717) is 0 Å². The van der Waals surface area contributed by atoms with Gasteiger partial charge in [-0.15, -0.1) is 0 Å². The lowest BCUT2D eigenvalue weighted by Crippen LogP contribution is -2.37. The van der Waals surface area contributed by atoms with Crippen LogP contribution in [0.2, 0.25) is 0 Å². The van der Waals surface area contributed by atoms with Crippen LogP contribution in [-0.4, -0.2) is 17.3 Å². The summed E-state index contributed by atoms with van der Waals surface area (Å²) in [5.41, 5.74) is 1.90. The Kier molecular flexibility index (Phi) is 4.33. The Balaban J connectivity index is 1.75. The van der Waals surface area contributed by atoms with Gasteiger partial charge in [0.05, 0.1) is 12.2 Å². The lowest BCUT2D eigenvalue weighted by Gasteiger charge is -2.38. The molecule has 21 heavy (non-hydrogen) atoms. The van der Waals surface area contributed by atoms with Gasteiger partial charge in [-0.05, 0) is 60.8 Å². The topological polar surface area (TPSA) is 29.5 Å². The maximum absolute atomic E-state index is 11.0. The van der Waals surface area contributed by atoms with Crippen molar-refractivity contribution in [2.45, 2.75) is 58.0 Å². The van der Waals surface area contributed by atoms with Crippen molar-refractivity contribution >= 4 is 15.9 Å². The summed E-state index contributed by atoms with van der Waals surface area (Å²) in [4.78, 5) is 0. The molecular weight excluding hydrogens is 328 g/mol. The van der Waals surface area contributed by atoms with Crippen molar-refractivity contribution in [2.75, 3.05) is 6.61 Å². The van der Waals surface area contributed by atoms with Gasteiger partial charge in [0.2, 0.25) is 0 Å². The zero-order chi connectivity index (χ0) is 15.0. The standard InChI is InChI=1S/C18H25BrO2/c1-12(2)13-3-6-18(20,7-4-13)11-15-10-16(19)9-14-5-8-21-17(14)15/h9-10,12-13,20H,3-8,11H2,1-2H3. The SMILES string of the molecule is CC(C)C1CCC(O)(Cc2cc(Br)cc3c2OCC3)CC1. The van der Waals surface area contributed by atoms with Gasteiger partial charge in [-0.25, -0.2) is 0 Å². The normalized spacial score (nSPS) is 28.5. The van der Waals surface area contributed by atoms with Gasteiger partial charge in [0.1, 0.15) is 5.75 Å². The molecule has 1 saturated carbocycles. The summed E-state index contributed by atoms with van der Waals surface area (Å²) in [6.07, 6.45) is 5.82. The Bertz CT molecular complexity index is 516. The summed E-state index contributed by atoms with van der Waals surface area (Å²) in [6.45, 7) is 5.36. The molecule has 1 aromatic rings. The fourth-order valence-corrected chi connectivity index (χ4v) is 4.41. The number of aliphatic hydroxyl groups is 1. The van der Waals surface area contributed by atoms with Crippen LogP contribution in [0.3, 0.4) is 0 Å². The molecular formula is C18H25BrO2. The van der Waals surface area contributed by atoms with E-state index in [4.69, 9.17) is 4.74 Å². The third kappa shape index (κ3) is 3.29. The van der Waals surface area contributed by atoms with Gasteiger partial charge in [-0.1, -0.05) is 29.8 Å². The molecule has 1 heterocycles. The van der Waals surface area contributed by atoms with E-state index in [2.05, 4.69) is 41.9 Å².